The van der Waals surface area contributed by atoms with Gasteiger partial charge in [0, 0.05) is 40.4 Å². The molecule has 0 heterocycles. The Morgan fingerprint density at radius 1 is 1.18 bits per heavy atom. The van der Waals surface area contributed by atoms with Gasteiger partial charge in [-0.05, 0) is 30.9 Å². The molecular weight excluding hydrogens is 389 g/mol. The maximum absolute atomic E-state index is 5.06. The molecule has 1 aromatic carbocycles. The molecule has 0 saturated carbocycles. The van der Waals surface area contributed by atoms with E-state index in [4.69, 9.17) is 4.74 Å². The molecule has 22 heavy (non-hydrogen) atoms. The zero-order chi connectivity index (χ0) is 15.5. The molecule has 5 heteroatoms. The Balaban J connectivity index is 0.00000441. The summed E-state index contributed by atoms with van der Waals surface area (Å²) >= 11 is 0. The highest BCUT2D eigenvalue weighted by molar-refractivity contribution is 14.0. The number of ether oxygens (including phenoxy) is 1. The van der Waals surface area contributed by atoms with Crippen LogP contribution in [0.1, 0.15) is 31.4 Å². The number of halogens is 1. The molecule has 1 N–H and O–H groups in total. The van der Waals surface area contributed by atoms with Crippen LogP contribution in [0, 0.1) is 0 Å². The number of rotatable bonds is 8. The van der Waals surface area contributed by atoms with E-state index in [1.807, 2.05) is 0 Å². The summed E-state index contributed by atoms with van der Waals surface area (Å²) in [7, 11) is 3.80. The van der Waals surface area contributed by atoms with Crippen molar-refractivity contribution < 1.29 is 4.74 Å². The molecule has 0 fully saturated rings. The number of hydrogen-bond acceptors (Lipinski definition) is 2. The number of nitrogens with zero attached hydrogens (tertiary/aromatic N) is 2. The third kappa shape index (κ3) is 7.98. The van der Waals surface area contributed by atoms with Crippen LogP contribution < -0.4 is 5.32 Å². The van der Waals surface area contributed by atoms with Gasteiger partial charge in [0.1, 0.15) is 0 Å². The Morgan fingerprint density at radius 2 is 1.82 bits per heavy atom. The molecular formula is C17H30IN3O. The predicted molar refractivity (Wildman–Crippen MR) is 105 cm³/mol. The SMILES string of the molecule is CCNC(=NCCCOC)N(C)Cc1ccc(CC)cc1.I. The van der Waals surface area contributed by atoms with Gasteiger partial charge < -0.3 is 15.0 Å². The molecule has 0 aliphatic heterocycles. The lowest BCUT2D eigenvalue weighted by atomic mass is 10.1. The first-order chi connectivity index (χ1) is 10.2. The van der Waals surface area contributed by atoms with Crippen molar-refractivity contribution >= 4 is 29.9 Å². The molecule has 0 bridgehead atoms. The zero-order valence-electron chi connectivity index (χ0n) is 14.3. The molecule has 1 rings (SSSR count). The minimum atomic E-state index is 0. The van der Waals surface area contributed by atoms with Crippen LogP contribution in [0.15, 0.2) is 29.3 Å². The average Bonchev–Trinajstić information content (AvgIpc) is 2.51. The molecule has 0 aromatic heterocycles. The van der Waals surface area contributed by atoms with E-state index >= 15 is 0 Å². The minimum absolute atomic E-state index is 0. The van der Waals surface area contributed by atoms with E-state index in [9.17, 15) is 0 Å². The Hall–Kier alpha value is -0.820. The third-order valence-electron chi connectivity index (χ3n) is 3.32. The molecule has 0 aliphatic carbocycles. The first-order valence-electron chi connectivity index (χ1n) is 7.77. The van der Waals surface area contributed by atoms with E-state index in [0.29, 0.717) is 0 Å². The van der Waals surface area contributed by atoms with Crippen LogP contribution in [-0.4, -0.2) is 44.7 Å². The summed E-state index contributed by atoms with van der Waals surface area (Å²) in [6.45, 7) is 7.55. The fourth-order valence-electron chi connectivity index (χ4n) is 2.09. The summed E-state index contributed by atoms with van der Waals surface area (Å²) in [5.41, 5.74) is 2.68. The standard InChI is InChI=1S/C17H29N3O.HI/c1-5-15-8-10-16(11-9-15)14-20(3)17(18-6-2)19-12-7-13-21-4;/h8-11H,5-7,12-14H2,1-4H3,(H,18,19);1H. The predicted octanol–water partition coefficient (Wildman–Crippen LogP) is 3.30. The molecule has 0 amide bonds. The quantitative estimate of drug-likeness (QED) is 0.304. The summed E-state index contributed by atoms with van der Waals surface area (Å²) in [5, 5.41) is 3.34. The van der Waals surface area contributed by atoms with Crippen LogP contribution in [0.4, 0.5) is 0 Å². The van der Waals surface area contributed by atoms with E-state index < -0.39 is 0 Å². The van der Waals surface area contributed by atoms with Crippen LogP contribution in [0.2, 0.25) is 0 Å². The maximum Gasteiger partial charge on any atom is 0.193 e. The van der Waals surface area contributed by atoms with Gasteiger partial charge in [-0.15, -0.1) is 24.0 Å². The van der Waals surface area contributed by atoms with Crippen molar-refractivity contribution in [3.05, 3.63) is 35.4 Å². The molecule has 0 radical (unpaired) electrons. The normalized spacial score (nSPS) is 11.0. The molecule has 0 aliphatic rings. The fourth-order valence-corrected chi connectivity index (χ4v) is 2.09. The van der Waals surface area contributed by atoms with Crippen LogP contribution in [0.3, 0.4) is 0 Å². The smallest absolute Gasteiger partial charge is 0.193 e. The van der Waals surface area contributed by atoms with Crippen LogP contribution in [-0.2, 0) is 17.7 Å². The highest BCUT2D eigenvalue weighted by atomic mass is 127. The van der Waals surface area contributed by atoms with Crippen LogP contribution in [0.5, 0.6) is 0 Å². The second-order valence-electron chi connectivity index (χ2n) is 5.11. The van der Waals surface area contributed by atoms with E-state index in [-0.39, 0.29) is 24.0 Å². The topological polar surface area (TPSA) is 36.9 Å². The highest BCUT2D eigenvalue weighted by Gasteiger charge is 2.06. The van der Waals surface area contributed by atoms with E-state index in [1.165, 1.54) is 11.1 Å². The van der Waals surface area contributed by atoms with Crippen molar-refractivity contribution in [2.75, 3.05) is 33.9 Å². The molecule has 0 saturated heterocycles. The average molecular weight is 419 g/mol. The van der Waals surface area contributed by atoms with E-state index in [1.54, 1.807) is 7.11 Å². The van der Waals surface area contributed by atoms with Gasteiger partial charge in [-0.25, -0.2) is 0 Å². The number of aryl methyl sites for hydroxylation is 1. The second-order valence-corrected chi connectivity index (χ2v) is 5.11. The van der Waals surface area contributed by atoms with Crippen LogP contribution in [0.25, 0.3) is 0 Å². The first kappa shape index (κ1) is 21.2. The number of benzene rings is 1. The summed E-state index contributed by atoms with van der Waals surface area (Å²) in [4.78, 5) is 6.80. The second kappa shape index (κ2) is 12.7. The maximum atomic E-state index is 5.06. The van der Waals surface area contributed by atoms with E-state index in [0.717, 1.165) is 45.0 Å². The summed E-state index contributed by atoms with van der Waals surface area (Å²) < 4.78 is 5.06. The molecule has 0 atom stereocenters. The Kier molecular flexibility index (Phi) is 12.2. The Bertz CT molecular complexity index is 420. The first-order valence-corrected chi connectivity index (χ1v) is 7.77. The Morgan fingerprint density at radius 3 is 2.36 bits per heavy atom. The largest absolute Gasteiger partial charge is 0.385 e. The Labute approximate surface area is 152 Å². The number of aliphatic imine (C=N–C) groups is 1. The number of guanidine groups is 1. The van der Waals surface area contributed by atoms with Crippen molar-refractivity contribution in [1.29, 1.82) is 0 Å². The van der Waals surface area contributed by atoms with Gasteiger partial charge in [0.2, 0.25) is 0 Å². The monoisotopic (exact) mass is 419 g/mol. The number of methoxy groups -OCH3 is 1. The van der Waals surface area contributed by atoms with Gasteiger partial charge in [-0.2, -0.15) is 0 Å². The van der Waals surface area contributed by atoms with Crippen molar-refractivity contribution in [2.24, 2.45) is 4.99 Å². The van der Waals surface area contributed by atoms with Gasteiger partial charge >= 0.3 is 0 Å². The van der Waals surface area contributed by atoms with Crippen molar-refractivity contribution in [3.8, 4) is 0 Å². The highest BCUT2D eigenvalue weighted by Crippen LogP contribution is 2.07. The molecule has 0 unspecified atom stereocenters. The lowest BCUT2D eigenvalue weighted by Gasteiger charge is -2.22. The van der Waals surface area contributed by atoms with Gasteiger partial charge in [0.15, 0.2) is 5.96 Å². The van der Waals surface area contributed by atoms with Gasteiger partial charge in [0.05, 0.1) is 0 Å². The lowest BCUT2D eigenvalue weighted by Crippen LogP contribution is -2.38. The molecule has 126 valence electrons. The summed E-state index contributed by atoms with van der Waals surface area (Å²) in [6.07, 6.45) is 2.03. The number of hydrogen-bond donors (Lipinski definition) is 1. The van der Waals surface area contributed by atoms with Gasteiger partial charge in [0.25, 0.3) is 0 Å². The van der Waals surface area contributed by atoms with Crippen molar-refractivity contribution in [2.45, 2.75) is 33.2 Å². The summed E-state index contributed by atoms with van der Waals surface area (Å²) in [5.74, 6) is 0.952. The van der Waals surface area contributed by atoms with Crippen molar-refractivity contribution in [1.82, 2.24) is 10.2 Å². The zero-order valence-corrected chi connectivity index (χ0v) is 16.6. The van der Waals surface area contributed by atoms with E-state index in [2.05, 4.69) is 60.4 Å². The molecule has 0 spiro atoms. The van der Waals surface area contributed by atoms with Gasteiger partial charge in [-0.1, -0.05) is 31.2 Å². The number of nitrogens with one attached hydrogen (secondary N) is 1. The summed E-state index contributed by atoms with van der Waals surface area (Å²) in [6, 6.07) is 8.80. The third-order valence-corrected chi connectivity index (χ3v) is 3.32. The molecule has 4 nitrogen and oxygen atoms in total. The van der Waals surface area contributed by atoms with Gasteiger partial charge in [-0.3, -0.25) is 4.99 Å². The minimum Gasteiger partial charge on any atom is -0.385 e. The van der Waals surface area contributed by atoms with Crippen molar-refractivity contribution in [3.63, 3.8) is 0 Å². The molecule has 1 aromatic rings. The lowest BCUT2D eigenvalue weighted by molar-refractivity contribution is 0.197. The fraction of sp³-hybridized carbons (Fsp3) is 0.588. The van der Waals surface area contributed by atoms with Crippen LogP contribution >= 0.6 is 24.0 Å².